The summed E-state index contributed by atoms with van der Waals surface area (Å²) in [4.78, 5) is 12.3. The lowest BCUT2D eigenvalue weighted by Crippen LogP contribution is -2.23. The first-order chi connectivity index (χ1) is 13.2. The number of benzene rings is 2. The van der Waals surface area contributed by atoms with E-state index in [2.05, 4.69) is 12.2 Å². The first kappa shape index (κ1) is 19.1. The molecule has 0 aromatic heterocycles. The van der Waals surface area contributed by atoms with Gasteiger partial charge in [0.1, 0.15) is 5.75 Å². The Morgan fingerprint density at radius 2 is 1.63 bits per heavy atom. The van der Waals surface area contributed by atoms with Gasteiger partial charge >= 0.3 is 0 Å². The summed E-state index contributed by atoms with van der Waals surface area (Å²) in [6.07, 6.45) is 1.38. The van der Waals surface area contributed by atoms with E-state index in [4.69, 9.17) is 14.2 Å². The third-order valence-corrected chi connectivity index (χ3v) is 4.51. The number of amides is 1. The molecule has 1 aliphatic rings. The molecule has 0 saturated carbocycles. The highest BCUT2D eigenvalue weighted by atomic mass is 16.5. The number of hydrogen-bond acceptors (Lipinski definition) is 4. The Labute approximate surface area is 160 Å². The predicted molar refractivity (Wildman–Crippen MR) is 106 cm³/mol. The molecule has 1 aliphatic heterocycles. The number of ether oxygens (including phenoxy) is 3. The van der Waals surface area contributed by atoms with Crippen molar-refractivity contribution in [3.63, 3.8) is 0 Å². The van der Waals surface area contributed by atoms with Crippen molar-refractivity contribution in [2.75, 3.05) is 25.1 Å². The van der Waals surface area contributed by atoms with Gasteiger partial charge in [0.25, 0.3) is 0 Å². The number of hydrogen-bond donors (Lipinski definition) is 1. The minimum Gasteiger partial charge on any atom is -0.494 e. The summed E-state index contributed by atoms with van der Waals surface area (Å²) in [6, 6.07) is 11.9. The Bertz CT molecular complexity index is 786. The fourth-order valence-corrected chi connectivity index (χ4v) is 3.32. The monoisotopic (exact) mass is 369 g/mol. The fourth-order valence-electron chi connectivity index (χ4n) is 3.32. The average Bonchev–Trinajstić information content (AvgIpc) is 2.67. The van der Waals surface area contributed by atoms with E-state index < -0.39 is 0 Å². The maximum atomic E-state index is 12.3. The van der Waals surface area contributed by atoms with E-state index in [1.54, 1.807) is 0 Å². The van der Waals surface area contributed by atoms with Crippen LogP contribution in [0.3, 0.4) is 0 Å². The molecule has 144 valence electrons. The molecule has 0 fully saturated rings. The molecule has 0 aliphatic carbocycles. The van der Waals surface area contributed by atoms with Gasteiger partial charge in [-0.25, -0.2) is 0 Å². The number of carbonyl (C=O) groups excluding carboxylic acids is 1. The summed E-state index contributed by atoms with van der Waals surface area (Å²) in [5.41, 5.74) is 2.92. The van der Waals surface area contributed by atoms with Gasteiger partial charge in [0.05, 0.1) is 19.8 Å². The van der Waals surface area contributed by atoms with Crippen LogP contribution in [-0.2, 0) is 4.79 Å². The zero-order chi connectivity index (χ0) is 19.2. The zero-order valence-electron chi connectivity index (χ0n) is 16.2. The van der Waals surface area contributed by atoms with Gasteiger partial charge in [-0.15, -0.1) is 0 Å². The summed E-state index contributed by atoms with van der Waals surface area (Å²) in [7, 11) is 0. The summed E-state index contributed by atoms with van der Waals surface area (Å²) in [5, 5.41) is 2.97. The number of carbonyl (C=O) groups is 1. The minimum atomic E-state index is -0.0242. The molecule has 1 atom stereocenters. The molecule has 2 aromatic carbocycles. The number of fused-ring (bicyclic) bond motifs is 1. The molecule has 1 amide bonds. The van der Waals surface area contributed by atoms with Crippen molar-refractivity contribution in [1.29, 1.82) is 0 Å². The van der Waals surface area contributed by atoms with Gasteiger partial charge in [0.2, 0.25) is 5.91 Å². The molecule has 0 radical (unpaired) electrons. The fraction of sp³-hybridized carbons (Fsp3) is 0.409. The summed E-state index contributed by atoms with van der Waals surface area (Å²) < 4.78 is 17.1. The molecule has 3 rings (SSSR count). The standard InChI is InChI=1S/C22H27NO4/c1-4-11-27-16-9-7-15(8-10-16)17-13-22(24)23-19-14-21(26-6-3)20(25-5-2)12-18(17)19/h7-10,12,14,17H,4-6,11,13H2,1-3H3,(H,23,24). The number of nitrogens with one attached hydrogen (secondary N) is 1. The van der Waals surface area contributed by atoms with E-state index in [1.807, 2.05) is 50.2 Å². The van der Waals surface area contributed by atoms with E-state index in [1.165, 1.54) is 0 Å². The van der Waals surface area contributed by atoms with Gasteiger partial charge in [0.15, 0.2) is 11.5 Å². The molecule has 0 saturated heterocycles. The molecule has 0 spiro atoms. The highest BCUT2D eigenvalue weighted by molar-refractivity contribution is 5.96. The van der Waals surface area contributed by atoms with Crippen LogP contribution < -0.4 is 19.5 Å². The largest absolute Gasteiger partial charge is 0.494 e. The first-order valence-corrected chi connectivity index (χ1v) is 9.62. The summed E-state index contributed by atoms with van der Waals surface area (Å²) in [5.74, 6) is 2.20. The lowest BCUT2D eigenvalue weighted by atomic mass is 9.84. The maximum Gasteiger partial charge on any atom is 0.225 e. The Hall–Kier alpha value is -2.69. The van der Waals surface area contributed by atoms with Gasteiger partial charge < -0.3 is 19.5 Å². The van der Waals surface area contributed by atoms with Crippen LogP contribution in [0.2, 0.25) is 0 Å². The van der Waals surface area contributed by atoms with Crippen LogP contribution in [0.4, 0.5) is 5.69 Å². The van der Waals surface area contributed by atoms with Gasteiger partial charge in [-0.2, -0.15) is 0 Å². The number of rotatable bonds is 8. The van der Waals surface area contributed by atoms with E-state index in [0.29, 0.717) is 37.7 Å². The van der Waals surface area contributed by atoms with Crippen molar-refractivity contribution in [2.45, 2.75) is 39.5 Å². The normalized spacial score (nSPS) is 15.7. The van der Waals surface area contributed by atoms with Crippen LogP contribution in [0.5, 0.6) is 17.2 Å². The lowest BCUT2D eigenvalue weighted by molar-refractivity contribution is -0.116. The molecule has 1 unspecified atom stereocenters. The Kier molecular flexibility index (Phi) is 6.22. The summed E-state index contributed by atoms with van der Waals surface area (Å²) in [6.45, 7) is 7.75. The molecule has 1 N–H and O–H groups in total. The van der Waals surface area contributed by atoms with Crippen LogP contribution in [-0.4, -0.2) is 25.7 Å². The minimum absolute atomic E-state index is 0.00502. The Morgan fingerprint density at radius 3 is 2.26 bits per heavy atom. The van der Waals surface area contributed by atoms with E-state index in [-0.39, 0.29) is 11.8 Å². The highest BCUT2D eigenvalue weighted by Gasteiger charge is 2.28. The Balaban J connectivity index is 1.96. The van der Waals surface area contributed by atoms with Crippen LogP contribution in [0, 0.1) is 0 Å². The second-order valence-corrected chi connectivity index (χ2v) is 6.47. The second kappa shape index (κ2) is 8.80. The molecule has 0 bridgehead atoms. The molecule has 2 aromatic rings. The van der Waals surface area contributed by atoms with Crippen LogP contribution in [0.1, 0.15) is 50.7 Å². The van der Waals surface area contributed by atoms with E-state index in [9.17, 15) is 4.79 Å². The predicted octanol–water partition coefficient (Wildman–Crippen LogP) is 4.75. The van der Waals surface area contributed by atoms with E-state index in [0.717, 1.165) is 29.0 Å². The van der Waals surface area contributed by atoms with Crippen molar-refractivity contribution < 1.29 is 19.0 Å². The van der Waals surface area contributed by atoms with Gasteiger partial charge in [-0.1, -0.05) is 19.1 Å². The van der Waals surface area contributed by atoms with Gasteiger partial charge in [0, 0.05) is 24.1 Å². The SMILES string of the molecule is CCCOc1ccc(C2CC(=O)Nc3cc(OCC)c(OCC)cc32)cc1. The molecule has 1 heterocycles. The molecular formula is C22H27NO4. The molecule has 5 nitrogen and oxygen atoms in total. The number of anilines is 1. The lowest BCUT2D eigenvalue weighted by Gasteiger charge is -2.27. The molecule has 5 heteroatoms. The maximum absolute atomic E-state index is 12.3. The second-order valence-electron chi connectivity index (χ2n) is 6.47. The van der Waals surface area contributed by atoms with Crippen LogP contribution >= 0.6 is 0 Å². The van der Waals surface area contributed by atoms with E-state index >= 15 is 0 Å². The van der Waals surface area contributed by atoms with Crippen LogP contribution in [0.15, 0.2) is 36.4 Å². The van der Waals surface area contributed by atoms with Gasteiger partial charge in [-0.3, -0.25) is 4.79 Å². The van der Waals surface area contributed by atoms with Crippen molar-refractivity contribution >= 4 is 11.6 Å². The van der Waals surface area contributed by atoms with Crippen molar-refractivity contribution in [2.24, 2.45) is 0 Å². The molecular weight excluding hydrogens is 342 g/mol. The first-order valence-electron chi connectivity index (χ1n) is 9.62. The summed E-state index contributed by atoms with van der Waals surface area (Å²) >= 11 is 0. The third kappa shape index (κ3) is 4.35. The highest BCUT2D eigenvalue weighted by Crippen LogP contribution is 2.43. The van der Waals surface area contributed by atoms with Crippen molar-refractivity contribution in [3.05, 3.63) is 47.5 Å². The third-order valence-electron chi connectivity index (χ3n) is 4.51. The Morgan fingerprint density at radius 1 is 0.963 bits per heavy atom. The van der Waals surface area contributed by atoms with Crippen molar-refractivity contribution in [1.82, 2.24) is 0 Å². The smallest absolute Gasteiger partial charge is 0.225 e. The van der Waals surface area contributed by atoms with Crippen LogP contribution in [0.25, 0.3) is 0 Å². The average molecular weight is 369 g/mol. The topological polar surface area (TPSA) is 56.8 Å². The zero-order valence-corrected chi connectivity index (χ0v) is 16.2. The van der Waals surface area contributed by atoms with Crippen molar-refractivity contribution in [3.8, 4) is 17.2 Å². The molecule has 27 heavy (non-hydrogen) atoms. The van der Waals surface area contributed by atoms with Gasteiger partial charge in [-0.05, 0) is 49.6 Å². The quantitative estimate of drug-likeness (QED) is 0.730.